The molecule has 0 aromatic heterocycles. The molecule has 0 amide bonds. The second-order valence-corrected chi connectivity index (χ2v) is 6.86. The first-order valence-electron chi connectivity index (χ1n) is 7.42. The van der Waals surface area contributed by atoms with Gasteiger partial charge in [-0.05, 0) is 61.7 Å². The van der Waals surface area contributed by atoms with Crippen LogP contribution in [0.2, 0.25) is 0 Å². The fourth-order valence-electron chi connectivity index (χ4n) is 4.91. The Morgan fingerprint density at radius 1 is 1.00 bits per heavy atom. The summed E-state index contributed by atoms with van der Waals surface area (Å²) in [5.41, 5.74) is 0.341. The zero-order valence-corrected chi connectivity index (χ0v) is 10.5. The molecule has 1 N–H and O–H groups in total. The first-order valence-corrected chi connectivity index (χ1v) is 7.42. The van der Waals surface area contributed by atoms with Crippen LogP contribution in [-0.4, -0.2) is 11.7 Å². The van der Waals surface area contributed by atoms with Gasteiger partial charge in [-0.2, -0.15) is 0 Å². The van der Waals surface area contributed by atoms with Crippen molar-refractivity contribution in [1.82, 2.24) is 0 Å². The van der Waals surface area contributed by atoms with Gasteiger partial charge >= 0.3 is 0 Å². The lowest BCUT2D eigenvalue weighted by molar-refractivity contribution is 0.0461. The predicted molar refractivity (Wildman–Crippen MR) is 66.2 cm³/mol. The van der Waals surface area contributed by atoms with Gasteiger partial charge < -0.3 is 5.11 Å². The predicted octanol–water partition coefficient (Wildman–Crippen LogP) is 3.76. The molecule has 0 aromatic rings. The Morgan fingerprint density at radius 2 is 1.81 bits per heavy atom. The minimum atomic E-state index is 0.341. The van der Waals surface area contributed by atoms with Crippen LogP contribution in [0.25, 0.3) is 0 Å². The Kier molecular flexibility index (Phi) is 2.99. The zero-order valence-electron chi connectivity index (χ0n) is 10.5. The molecule has 3 fully saturated rings. The molecule has 3 rings (SSSR count). The second-order valence-electron chi connectivity index (χ2n) is 6.86. The highest BCUT2D eigenvalue weighted by Gasteiger charge is 2.43. The summed E-state index contributed by atoms with van der Waals surface area (Å²) >= 11 is 0. The van der Waals surface area contributed by atoms with Gasteiger partial charge in [0, 0.05) is 6.61 Å². The van der Waals surface area contributed by atoms with Gasteiger partial charge in [-0.3, -0.25) is 0 Å². The molecule has 1 nitrogen and oxygen atoms in total. The Morgan fingerprint density at radius 3 is 2.38 bits per heavy atom. The molecule has 0 heterocycles. The SMILES string of the molecule is OCC1(CC2CC3CCC2C3)CCCCC1. The van der Waals surface area contributed by atoms with Crippen molar-refractivity contribution in [3.05, 3.63) is 0 Å². The molecule has 3 saturated carbocycles. The van der Waals surface area contributed by atoms with Gasteiger partial charge in [0.05, 0.1) is 0 Å². The summed E-state index contributed by atoms with van der Waals surface area (Å²) in [6.45, 7) is 0.459. The van der Waals surface area contributed by atoms with E-state index in [9.17, 15) is 5.11 Å². The summed E-state index contributed by atoms with van der Waals surface area (Å²) in [6, 6.07) is 0. The quantitative estimate of drug-likeness (QED) is 0.771. The molecule has 0 radical (unpaired) electrons. The molecule has 0 aromatic carbocycles. The normalized spacial score (nSPS) is 41.4. The highest BCUT2D eigenvalue weighted by atomic mass is 16.3. The molecule has 1 heteroatoms. The topological polar surface area (TPSA) is 20.2 Å². The van der Waals surface area contributed by atoms with E-state index in [1.165, 1.54) is 64.2 Å². The average Bonchev–Trinajstić information content (AvgIpc) is 2.92. The van der Waals surface area contributed by atoms with Crippen molar-refractivity contribution in [1.29, 1.82) is 0 Å². The van der Waals surface area contributed by atoms with Gasteiger partial charge in [-0.15, -0.1) is 0 Å². The van der Waals surface area contributed by atoms with Crippen molar-refractivity contribution in [2.75, 3.05) is 6.61 Å². The first-order chi connectivity index (χ1) is 7.81. The van der Waals surface area contributed by atoms with Crippen LogP contribution in [0.15, 0.2) is 0 Å². The van der Waals surface area contributed by atoms with Crippen LogP contribution < -0.4 is 0 Å². The highest BCUT2D eigenvalue weighted by Crippen LogP contribution is 2.53. The maximum atomic E-state index is 9.77. The summed E-state index contributed by atoms with van der Waals surface area (Å²) in [6.07, 6.45) is 14.1. The number of fused-ring (bicyclic) bond motifs is 2. The van der Waals surface area contributed by atoms with Gasteiger partial charge in [0.2, 0.25) is 0 Å². The van der Waals surface area contributed by atoms with E-state index < -0.39 is 0 Å². The van der Waals surface area contributed by atoms with Gasteiger partial charge in [0.15, 0.2) is 0 Å². The van der Waals surface area contributed by atoms with Gasteiger partial charge in [0.1, 0.15) is 0 Å². The minimum absolute atomic E-state index is 0.341. The number of rotatable bonds is 3. The standard InChI is InChI=1S/C15H26O/c16-11-15(6-2-1-3-7-15)10-14-9-12-4-5-13(14)8-12/h12-14,16H,1-11H2. The molecule has 0 spiro atoms. The van der Waals surface area contributed by atoms with Crippen molar-refractivity contribution in [2.45, 2.75) is 64.2 Å². The van der Waals surface area contributed by atoms with Crippen LogP contribution in [0.1, 0.15) is 64.2 Å². The van der Waals surface area contributed by atoms with Crippen molar-refractivity contribution >= 4 is 0 Å². The van der Waals surface area contributed by atoms with E-state index in [0.29, 0.717) is 12.0 Å². The van der Waals surface area contributed by atoms with Gasteiger partial charge in [0.25, 0.3) is 0 Å². The zero-order chi connectivity index (χ0) is 11.0. The molecule has 3 aliphatic rings. The Bertz CT molecular complexity index is 242. The molecule has 0 aliphatic heterocycles. The largest absolute Gasteiger partial charge is 0.396 e. The lowest BCUT2D eigenvalue weighted by Gasteiger charge is -2.39. The fourth-order valence-corrected chi connectivity index (χ4v) is 4.91. The third-order valence-electron chi connectivity index (χ3n) is 5.83. The van der Waals surface area contributed by atoms with E-state index in [0.717, 1.165) is 17.8 Å². The Balaban J connectivity index is 1.63. The number of aliphatic hydroxyl groups is 1. The Labute approximate surface area is 99.6 Å². The van der Waals surface area contributed by atoms with Crippen LogP contribution in [0, 0.1) is 23.2 Å². The average molecular weight is 222 g/mol. The molecule has 3 atom stereocenters. The van der Waals surface area contributed by atoms with Crippen LogP contribution in [0.4, 0.5) is 0 Å². The lowest BCUT2D eigenvalue weighted by Crippen LogP contribution is -2.32. The maximum Gasteiger partial charge on any atom is 0.0487 e. The molecular formula is C15H26O. The summed E-state index contributed by atoms with van der Waals surface area (Å²) in [4.78, 5) is 0. The number of hydrogen-bond acceptors (Lipinski definition) is 1. The van der Waals surface area contributed by atoms with E-state index in [1.54, 1.807) is 0 Å². The summed E-state index contributed by atoms with van der Waals surface area (Å²) in [5.74, 6) is 3.08. The van der Waals surface area contributed by atoms with E-state index in [1.807, 2.05) is 0 Å². The summed E-state index contributed by atoms with van der Waals surface area (Å²) in [5, 5.41) is 9.77. The first kappa shape index (κ1) is 11.1. The molecule has 16 heavy (non-hydrogen) atoms. The smallest absolute Gasteiger partial charge is 0.0487 e. The van der Waals surface area contributed by atoms with Crippen LogP contribution in [-0.2, 0) is 0 Å². The molecule has 3 aliphatic carbocycles. The summed E-state index contributed by atoms with van der Waals surface area (Å²) in [7, 11) is 0. The molecule has 3 unspecified atom stereocenters. The summed E-state index contributed by atoms with van der Waals surface area (Å²) < 4.78 is 0. The third-order valence-corrected chi connectivity index (χ3v) is 5.83. The fraction of sp³-hybridized carbons (Fsp3) is 1.00. The monoisotopic (exact) mass is 222 g/mol. The van der Waals surface area contributed by atoms with Crippen LogP contribution in [0.3, 0.4) is 0 Å². The van der Waals surface area contributed by atoms with Gasteiger partial charge in [-0.25, -0.2) is 0 Å². The van der Waals surface area contributed by atoms with E-state index >= 15 is 0 Å². The molecule has 2 bridgehead atoms. The van der Waals surface area contributed by atoms with E-state index in [2.05, 4.69) is 0 Å². The molecular weight excluding hydrogens is 196 g/mol. The third kappa shape index (κ3) is 1.92. The second kappa shape index (κ2) is 4.33. The van der Waals surface area contributed by atoms with Crippen molar-refractivity contribution in [3.63, 3.8) is 0 Å². The number of aliphatic hydroxyl groups excluding tert-OH is 1. The van der Waals surface area contributed by atoms with Crippen LogP contribution >= 0.6 is 0 Å². The molecule has 0 saturated heterocycles. The maximum absolute atomic E-state index is 9.77. The van der Waals surface area contributed by atoms with Crippen molar-refractivity contribution < 1.29 is 5.11 Å². The van der Waals surface area contributed by atoms with Crippen molar-refractivity contribution in [3.8, 4) is 0 Å². The van der Waals surface area contributed by atoms with E-state index in [-0.39, 0.29) is 0 Å². The van der Waals surface area contributed by atoms with Gasteiger partial charge in [-0.1, -0.05) is 25.7 Å². The number of hydrogen-bond donors (Lipinski definition) is 1. The van der Waals surface area contributed by atoms with Crippen LogP contribution in [0.5, 0.6) is 0 Å². The minimum Gasteiger partial charge on any atom is -0.396 e. The highest BCUT2D eigenvalue weighted by molar-refractivity contribution is 4.94. The van der Waals surface area contributed by atoms with E-state index in [4.69, 9.17) is 0 Å². The van der Waals surface area contributed by atoms with Crippen molar-refractivity contribution in [2.24, 2.45) is 23.2 Å². The Hall–Kier alpha value is -0.0400. The lowest BCUT2D eigenvalue weighted by atomic mass is 9.67. The molecule has 92 valence electrons.